The lowest BCUT2D eigenvalue weighted by atomic mass is 10.1. The first-order chi connectivity index (χ1) is 12.1. The molecule has 0 aromatic carbocycles. The molecule has 1 atom stereocenters. The number of pyridine rings is 2. The van der Waals surface area contributed by atoms with Gasteiger partial charge in [-0.25, -0.2) is 0 Å². The van der Waals surface area contributed by atoms with E-state index < -0.39 is 0 Å². The third kappa shape index (κ3) is 4.41. The Morgan fingerprint density at radius 1 is 1.24 bits per heavy atom. The predicted molar refractivity (Wildman–Crippen MR) is 93.4 cm³/mol. The van der Waals surface area contributed by atoms with Gasteiger partial charge in [0.2, 0.25) is 11.8 Å². The Labute approximate surface area is 147 Å². The van der Waals surface area contributed by atoms with Crippen LogP contribution in [0.4, 0.5) is 0 Å². The van der Waals surface area contributed by atoms with Gasteiger partial charge in [-0.1, -0.05) is 12.1 Å². The average molecular weight is 338 g/mol. The molecule has 2 amide bonds. The van der Waals surface area contributed by atoms with E-state index in [0.717, 1.165) is 17.0 Å². The zero-order valence-electron chi connectivity index (χ0n) is 14.3. The van der Waals surface area contributed by atoms with Gasteiger partial charge in [-0.2, -0.15) is 0 Å². The van der Waals surface area contributed by atoms with Crippen molar-refractivity contribution in [2.75, 3.05) is 13.1 Å². The maximum atomic E-state index is 12.3. The summed E-state index contributed by atoms with van der Waals surface area (Å²) in [4.78, 5) is 34.7. The Bertz CT molecular complexity index is 748. The van der Waals surface area contributed by atoms with Crippen molar-refractivity contribution in [1.29, 1.82) is 0 Å². The molecule has 1 aliphatic rings. The smallest absolute Gasteiger partial charge is 0.225 e. The minimum absolute atomic E-state index is 0.00590. The minimum Gasteiger partial charge on any atom is -0.355 e. The van der Waals surface area contributed by atoms with Gasteiger partial charge >= 0.3 is 0 Å². The second kappa shape index (κ2) is 7.88. The largest absolute Gasteiger partial charge is 0.355 e. The molecule has 130 valence electrons. The summed E-state index contributed by atoms with van der Waals surface area (Å²) in [6, 6.07) is 9.53. The molecule has 25 heavy (non-hydrogen) atoms. The van der Waals surface area contributed by atoms with Crippen molar-refractivity contribution in [1.82, 2.24) is 20.2 Å². The number of hydrogen-bond donors (Lipinski definition) is 1. The number of carbonyl (C=O) groups is 2. The van der Waals surface area contributed by atoms with Crippen LogP contribution >= 0.6 is 0 Å². The molecule has 0 spiro atoms. The number of nitrogens with zero attached hydrogens (tertiary/aromatic N) is 3. The van der Waals surface area contributed by atoms with Crippen LogP contribution in [0.5, 0.6) is 0 Å². The Morgan fingerprint density at radius 2 is 2.08 bits per heavy atom. The van der Waals surface area contributed by atoms with Gasteiger partial charge in [-0.15, -0.1) is 0 Å². The number of hydrogen-bond acceptors (Lipinski definition) is 4. The van der Waals surface area contributed by atoms with Crippen LogP contribution in [0.2, 0.25) is 0 Å². The van der Waals surface area contributed by atoms with E-state index in [1.165, 1.54) is 0 Å². The number of nitrogens with one attached hydrogen (secondary N) is 1. The highest BCUT2D eigenvalue weighted by Crippen LogP contribution is 2.19. The lowest BCUT2D eigenvalue weighted by Crippen LogP contribution is -2.34. The summed E-state index contributed by atoms with van der Waals surface area (Å²) in [5.41, 5.74) is 2.94. The van der Waals surface area contributed by atoms with Crippen LogP contribution in [0.3, 0.4) is 0 Å². The normalized spacial score (nSPS) is 16.9. The molecule has 1 saturated heterocycles. The van der Waals surface area contributed by atoms with Crippen LogP contribution < -0.4 is 5.32 Å². The fraction of sp³-hybridized carbons (Fsp3) is 0.368. The minimum atomic E-state index is -0.291. The van der Waals surface area contributed by atoms with Crippen LogP contribution in [0.25, 0.3) is 0 Å². The van der Waals surface area contributed by atoms with Gasteiger partial charge in [-0.3, -0.25) is 19.6 Å². The molecule has 3 heterocycles. The van der Waals surface area contributed by atoms with E-state index in [9.17, 15) is 9.59 Å². The molecule has 0 radical (unpaired) electrons. The van der Waals surface area contributed by atoms with E-state index in [1.807, 2.05) is 37.3 Å². The Balaban J connectivity index is 1.48. The zero-order chi connectivity index (χ0) is 17.6. The molecule has 6 nitrogen and oxygen atoms in total. The molecule has 0 saturated carbocycles. The van der Waals surface area contributed by atoms with E-state index in [0.29, 0.717) is 26.1 Å². The zero-order valence-corrected chi connectivity index (χ0v) is 14.3. The van der Waals surface area contributed by atoms with Crippen LogP contribution in [-0.4, -0.2) is 39.8 Å². The number of aromatic nitrogens is 2. The summed E-state index contributed by atoms with van der Waals surface area (Å²) < 4.78 is 0. The molecule has 6 heteroatoms. The maximum Gasteiger partial charge on any atom is 0.225 e. The molecule has 2 aromatic rings. The van der Waals surface area contributed by atoms with E-state index in [1.54, 1.807) is 17.3 Å². The number of amides is 2. The number of rotatable bonds is 6. The molecule has 2 aromatic heterocycles. The van der Waals surface area contributed by atoms with E-state index in [2.05, 4.69) is 15.3 Å². The number of likely N-dealkylation sites (tertiary alicyclic amines) is 1. The van der Waals surface area contributed by atoms with Gasteiger partial charge in [0.05, 0.1) is 18.2 Å². The van der Waals surface area contributed by atoms with Gasteiger partial charge in [0.25, 0.3) is 0 Å². The summed E-state index contributed by atoms with van der Waals surface area (Å²) in [6.45, 7) is 3.44. The lowest BCUT2D eigenvalue weighted by molar-refractivity contribution is -0.129. The molecule has 1 aliphatic heterocycles. The molecular formula is C19H22N4O2. The topological polar surface area (TPSA) is 75.2 Å². The fourth-order valence-electron chi connectivity index (χ4n) is 3.02. The van der Waals surface area contributed by atoms with Gasteiger partial charge in [0.1, 0.15) is 0 Å². The van der Waals surface area contributed by atoms with Crippen molar-refractivity contribution >= 4 is 11.8 Å². The van der Waals surface area contributed by atoms with Crippen LogP contribution in [0, 0.1) is 12.8 Å². The monoisotopic (exact) mass is 338 g/mol. The van der Waals surface area contributed by atoms with E-state index in [4.69, 9.17) is 0 Å². The van der Waals surface area contributed by atoms with E-state index >= 15 is 0 Å². The third-order valence-electron chi connectivity index (χ3n) is 4.44. The second-order valence-electron chi connectivity index (χ2n) is 6.30. The molecular weight excluding hydrogens is 316 g/mol. The summed E-state index contributed by atoms with van der Waals surface area (Å²) in [5, 5.41) is 2.93. The van der Waals surface area contributed by atoms with Crippen molar-refractivity contribution < 1.29 is 9.59 Å². The predicted octanol–water partition coefficient (Wildman–Crippen LogP) is 1.49. The maximum absolute atomic E-state index is 12.3. The van der Waals surface area contributed by atoms with Gasteiger partial charge in [-0.05, 0) is 30.7 Å². The van der Waals surface area contributed by atoms with Crippen molar-refractivity contribution in [3.63, 3.8) is 0 Å². The number of aryl methyl sites for hydroxylation is 1. The standard InChI is InChI=1S/C19H22N4O2/c1-14-5-4-9-21-17(14)7-10-22-19(25)15-11-18(24)23(12-15)13-16-6-2-3-8-20-16/h2-6,8-9,15H,7,10-13H2,1H3,(H,22,25)/t15-/m1/s1. The molecule has 3 rings (SSSR count). The van der Waals surface area contributed by atoms with Gasteiger partial charge < -0.3 is 10.2 Å². The second-order valence-corrected chi connectivity index (χ2v) is 6.30. The van der Waals surface area contributed by atoms with Crippen molar-refractivity contribution in [2.45, 2.75) is 26.3 Å². The molecule has 0 bridgehead atoms. The Morgan fingerprint density at radius 3 is 2.84 bits per heavy atom. The molecule has 1 fully saturated rings. The van der Waals surface area contributed by atoms with Crippen LogP contribution in [0.15, 0.2) is 42.7 Å². The lowest BCUT2D eigenvalue weighted by Gasteiger charge is -2.16. The Kier molecular flexibility index (Phi) is 5.38. The van der Waals surface area contributed by atoms with Crippen molar-refractivity contribution in [2.24, 2.45) is 5.92 Å². The van der Waals surface area contributed by atoms with Gasteiger partial charge in [0.15, 0.2) is 0 Å². The van der Waals surface area contributed by atoms with E-state index in [-0.39, 0.29) is 24.2 Å². The fourth-order valence-corrected chi connectivity index (χ4v) is 3.02. The summed E-state index contributed by atoms with van der Waals surface area (Å²) >= 11 is 0. The SMILES string of the molecule is Cc1cccnc1CCNC(=O)[C@@H]1CC(=O)N(Cc2ccccn2)C1. The first-order valence-corrected chi connectivity index (χ1v) is 8.49. The van der Waals surface area contributed by atoms with Crippen LogP contribution in [0.1, 0.15) is 23.4 Å². The highest BCUT2D eigenvalue weighted by Gasteiger charge is 2.34. The summed E-state index contributed by atoms with van der Waals surface area (Å²) in [5.74, 6) is -0.349. The Hall–Kier alpha value is -2.76. The van der Waals surface area contributed by atoms with Crippen LogP contribution in [-0.2, 0) is 22.6 Å². The molecule has 0 aliphatic carbocycles. The quantitative estimate of drug-likeness (QED) is 0.866. The summed E-state index contributed by atoms with van der Waals surface area (Å²) in [7, 11) is 0. The summed E-state index contributed by atoms with van der Waals surface area (Å²) in [6.07, 6.45) is 4.42. The van der Waals surface area contributed by atoms with Crippen molar-refractivity contribution in [3.05, 3.63) is 59.7 Å². The first-order valence-electron chi connectivity index (χ1n) is 8.49. The number of carbonyl (C=O) groups excluding carboxylic acids is 2. The van der Waals surface area contributed by atoms with Crippen molar-refractivity contribution in [3.8, 4) is 0 Å². The highest BCUT2D eigenvalue weighted by atomic mass is 16.2. The highest BCUT2D eigenvalue weighted by molar-refractivity contribution is 5.89. The van der Waals surface area contributed by atoms with Gasteiger partial charge in [0, 0.05) is 44.0 Å². The molecule has 0 unspecified atom stereocenters. The molecule has 1 N–H and O–H groups in total. The first kappa shape index (κ1) is 17.1. The average Bonchev–Trinajstić information content (AvgIpc) is 2.98. The third-order valence-corrected chi connectivity index (χ3v) is 4.44.